The van der Waals surface area contributed by atoms with E-state index >= 15 is 0 Å². The lowest BCUT2D eigenvalue weighted by Gasteiger charge is -2.24. The number of fused-ring (bicyclic) bond motifs is 1. The van der Waals surface area contributed by atoms with E-state index in [1.807, 2.05) is 12.1 Å². The van der Waals surface area contributed by atoms with E-state index in [-0.39, 0.29) is 0 Å². The molecule has 29 heavy (non-hydrogen) atoms. The minimum atomic E-state index is -0.498. The quantitative estimate of drug-likeness (QED) is 0.491. The molecular formula is C21H16ClN5OS. The third-order valence-electron chi connectivity index (χ3n) is 4.32. The van der Waals surface area contributed by atoms with E-state index in [1.165, 1.54) is 0 Å². The van der Waals surface area contributed by atoms with Gasteiger partial charge in [0, 0.05) is 16.9 Å². The Hall–Kier alpha value is -3.39. The van der Waals surface area contributed by atoms with E-state index < -0.39 is 5.25 Å². The molecule has 3 heterocycles. The van der Waals surface area contributed by atoms with Gasteiger partial charge in [-0.05, 0) is 36.8 Å². The van der Waals surface area contributed by atoms with E-state index in [0.717, 1.165) is 16.5 Å². The van der Waals surface area contributed by atoms with Gasteiger partial charge in [0.05, 0.1) is 45.9 Å². The first-order valence-electron chi connectivity index (χ1n) is 8.50. The highest BCUT2D eigenvalue weighted by atomic mass is 35.5. The average molecular weight is 422 g/mol. The number of anilines is 1. The van der Waals surface area contributed by atoms with Crippen LogP contribution >= 0.6 is 24.2 Å². The fraction of sp³-hybridized carbons (Fsp3) is 0.0952. The van der Waals surface area contributed by atoms with Gasteiger partial charge in [0.1, 0.15) is 11.4 Å². The van der Waals surface area contributed by atoms with Gasteiger partial charge in [-0.2, -0.15) is 23.2 Å². The van der Waals surface area contributed by atoms with Crippen LogP contribution in [0.3, 0.4) is 0 Å². The Kier molecular flexibility index (Phi) is 6.13. The van der Waals surface area contributed by atoms with Crippen LogP contribution in [0, 0.1) is 22.7 Å². The van der Waals surface area contributed by atoms with Gasteiger partial charge in [-0.1, -0.05) is 23.7 Å². The van der Waals surface area contributed by atoms with Gasteiger partial charge in [0.15, 0.2) is 0 Å². The zero-order chi connectivity index (χ0) is 21.0. The molecule has 1 aliphatic rings. The molecule has 2 aromatic heterocycles. The largest absolute Gasteiger partial charge is 0.464 e. The summed E-state index contributed by atoms with van der Waals surface area (Å²) in [5, 5.41) is 22.5. The van der Waals surface area contributed by atoms with Gasteiger partial charge in [-0.25, -0.2) is 4.98 Å². The molecule has 0 saturated carbocycles. The van der Waals surface area contributed by atoms with Crippen LogP contribution in [0.2, 0.25) is 5.02 Å². The molecule has 6 nitrogen and oxygen atoms in total. The second-order valence-electron chi connectivity index (χ2n) is 6.11. The number of nitrogens with zero attached hydrogens (tertiary/aromatic N) is 3. The summed E-state index contributed by atoms with van der Waals surface area (Å²) >= 11 is 10.2. The number of thiol groups is 1. The molecule has 1 aromatic carbocycles. The molecule has 0 aliphatic carbocycles. The highest BCUT2D eigenvalue weighted by Crippen LogP contribution is 2.31. The highest BCUT2D eigenvalue weighted by Gasteiger charge is 2.27. The van der Waals surface area contributed by atoms with Crippen molar-refractivity contribution in [1.29, 1.82) is 10.5 Å². The van der Waals surface area contributed by atoms with Crippen LogP contribution < -0.4 is 11.1 Å². The Morgan fingerprint density at radius 3 is 2.45 bits per heavy atom. The smallest absolute Gasteiger partial charge is 0.139 e. The second kappa shape index (κ2) is 8.74. The first kappa shape index (κ1) is 20.3. The van der Waals surface area contributed by atoms with Crippen molar-refractivity contribution in [1.82, 2.24) is 10.3 Å². The summed E-state index contributed by atoms with van der Waals surface area (Å²) in [5.74, 6) is 0.520. The van der Waals surface area contributed by atoms with E-state index in [9.17, 15) is 5.26 Å². The van der Waals surface area contributed by atoms with Crippen LogP contribution in [0.4, 0.5) is 5.82 Å². The summed E-state index contributed by atoms with van der Waals surface area (Å²) in [4.78, 5) is 3.90. The number of nitrogens with one attached hydrogen (secondary N) is 1. The first-order chi connectivity index (χ1) is 14.0. The number of halogens is 1. The second-order valence-corrected chi connectivity index (χ2v) is 7.07. The van der Waals surface area contributed by atoms with Gasteiger partial charge in [0.25, 0.3) is 0 Å². The molecule has 0 saturated heterocycles. The fourth-order valence-electron chi connectivity index (χ4n) is 2.83. The summed E-state index contributed by atoms with van der Waals surface area (Å²) in [6.45, 7) is 1.80. The Morgan fingerprint density at radius 2 is 1.83 bits per heavy atom. The summed E-state index contributed by atoms with van der Waals surface area (Å²) in [5.41, 5.74) is 9.46. The van der Waals surface area contributed by atoms with Crippen molar-refractivity contribution in [2.45, 2.75) is 12.2 Å². The standard InChI is InChI=1S/C14H10ClN3S.C7H6N2O/c1-8-11(6-16)14(19)12(7-17)13(18-8)9-2-4-10(15)5-3-9;8-7-5-2-4-10-6(5)1-3-9-7/h2-5,14,18-19H,1H3;1-4H,(H2,8,9). The number of benzene rings is 1. The van der Waals surface area contributed by atoms with E-state index in [2.05, 4.69) is 35.1 Å². The minimum Gasteiger partial charge on any atom is -0.464 e. The number of nitriles is 2. The van der Waals surface area contributed by atoms with Gasteiger partial charge >= 0.3 is 0 Å². The Morgan fingerprint density at radius 1 is 1.14 bits per heavy atom. The van der Waals surface area contributed by atoms with Gasteiger partial charge in [0.2, 0.25) is 0 Å². The Labute approximate surface area is 178 Å². The molecule has 1 unspecified atom stereocenters. The average Bonchev–Trinajstić information content (AvgIpc) is 3.19. The number of hydrogen-bond acceptors (Lipinski definition) is 7. The van der Waals surface area contributed by atoms with E-state index in [1.54, 1.807) is 43.6 Å². The predicted molar refractivity (Wildman–Crippen MR) is 117 cm³/mol. The molecule has 144 valence electrons. The molecule has 3 aromatic rings. The van der Waals surface area contributed by atoms with Crippen LogP contribution in [0.5, 0.6) is 0 Å². The van der Waals surface area contributed by atoms with Crippen molar-refractivity contribution in [2.75, 3.05) is 5.73 Å². The van der Waals surface area contributed by atoms with Crippen LogP contribution in [0.15, 0.2) is 70.1 Å². The molecular weight excluding hydrogens is 406 g/mol. The monoisotopic (exact) mass is 421 g/mol. The molecule has 1 aliphatic heterocycles. The van der Waals surface area contributed by atoms with E-state index in [4.69, 9.17) is 27.0 Å². The molecule has 4 rings (SSSR count). The van der Waals surface area contributed by atoms with Crippen molar-refractivity contribution in [3.05, 3.63) is 76.3 Å². The Balaban J connectivity index is 0.000000200. The van der Waals surface area contributed by atoms with Crippen LogP contribution in [0.25, 0.3) is 16.7 Å². The summed E-state index contributed by atoms with van der Waals surface area (Å²) in [6, 6.07) is 15.0. The zero-order valence-corrected chi connectivity index (χ0v) is 17.0. The zero-order valence-electron chi connectivity index (χ0n) is 15.3. The maximum atomic E-state index is 9.29. The van der Waals surface area contributed by atoms with Crippen molar-refractivity contribution in [3.63, 3.8) is 0 Å². The van der Waals surface area contributed by atoms with Crippen LogP contribution in [-0.4, -0.2) is 10.2 Å². The predicted octanol–water partition coefficient (Wildman–Crippen LogP) is 4.68. The van der Waals surface area contributed by atoms with Gasteiger partial charge in [-0.3, -0.25) is 0 Å². The lowest BCUT2D eigenvalue weighted by Crippen LogP contribution is -2.25. The van der Waals surface area contributed by atoms with Crippen molar-refractivity contribution in [2.24, 2.45) is 0 Å². The first-order valence-corrected chi connectivity index (χ1v) is 9.39. The van der Waals surface area contributed by atoms with E-state index in [0.29, 0.717) is 33.4 Å². The van der Waals surface area contributed by atoms with Crippen molar-refractivity contribution >= 4 is 46.7 Å². The lowest BCUT2D eigenvalue weighted by atomic mass is 9.95. The number of nitrogen functional groups attached to an aromatic ring is 1. The van der Waals surface area contributed by atoms with Crippen LogP contribution in [0.1, 0.15) is 12.5 Å². The molecule has 0 bridgehead atoms. The maximum absolute atomic E-state index is 9.29. The number of pyridine rings is 1. The molecule has 0 radical (unpaired) electrons. The molecule has 8 heteroatoms. The number of hydrogen-bond donors (Lipinski definition) is 3. The van der Waals surface area contributed by atoms with Crippen molar-refractivity contribution in [3.8, 4) is 12.1 Å². The molecule has 0 amide bonds. The number of furan rings is 1. The minimum absolute atomic E-state index is 0.438. The summed E-state index contributed by atoms with van der Waals surface area (Å²) < 4.78 is 5.08. The normalized spacial score (nSPS) is 15.8. The molecule has 1 atom stereocenters. The third kappa shape index (κ3) is 4.22. The number of rotatable bonds is 1. The Bertz CT molecular complexity index is 1200. The topological polar surface area (TPSA) is 112 Å². The number of allylic oxidation sites excluding steroid dienone is 1. The summed E-state index contributed by atoms with van der Waals surface area (Å²) in [6.07, 6.45) is 3.23. The molecule has 3 N–H and O–H groups in total. The highest BCUT2D eigenvalue weighted by molar-refractivity contribution is 7.81. The molecule has 0 fully saturated rings. The lowest BCUT2D eigenvalue weighted by molar-refractivity contribution is 0.615. The third-order valence-corrected chi connectivity index (χ3v) is 5.09. The fourth-order valence-corrected chi connectivity index (χ4v) is 3.40. The molecule has 0 spiro atoms. The maximum Gasteiger partial charge on any atom is 0.139 e. The summed E-state index contributed by atoms with van der Waals surface area (Å²) in [7, 11) is 0. The van der Waals surface area contributed by atoms with Gasteiger partial charge in [-0.15, -0.1) is 0 Å². The number of aromatic nitrogens is 1. The van der Waals surface area contributed by atoms with Gasteiger partial charge < -0.3 is 15.5 Å². The van der Waals surface area contributed by atoms with Crippen LogP contribution in [-0.2, 0) is 0 Å². The SMILES string of the molecule is CC1=C(C#N)C(S)C(C#N)=C(c2ccc(Cl)cc2)N1.Nc1nccc2occc12. The number of nitrogens with two attached hydrogens (primary N) is 1. The van der Waals surface area contributed by atoms with Crippen molar-refractivity contribution < 1.29 is 4.42 Å². The number of dihydropyridines is 1.